The van der Waals surface area contributed by atoms with Gasteiger partial charge >= 0.3 is 0 Å². The fourth-order valence-corrected chi connectivity index (χ4v) is 2.02. The number of imide groups is 1. The molecule has 94 valence electrons. The Morgan fingerprint density at radius 1 is 1.33 bits per heavy atom. The predicted molar refractivity (Wildman–Crippen MR) is 65.7 cm³/mol. The average molecular weight is 246 g/mol. The summed E-state index contributed by atoms with van der Waals surface area (Å²) in [5.74, 6) is -1.24. The highest BCUT2D eigenvalue weighted by atomic mass is 16.2. The summed E-state index contributed by atoms with van der Waals surface area (Å²) in [6, 6.07) is 6.77. The Hall–Kier alpha value is -2.17. The van der Waals surface area contributed by atoms with Gasteiger partial charge in [0.25, 0.3) is 0 Å². The van der Waals surface area contributed by atoms with Crippen molar-refractivity contribution in [3.05, 3.63) is 29.8 Å². The molecule has 1 atom stereocenters. The van der Waals surface area contributed by atoms with E-state index in [2.05, 4.69) is 5.32 Å². The number of amides is 2. The lowest BCUT2D eigenvalue weighted by Gasteiger charge is -2.20. The molecule has 1 aliphatic heterocycles. The van der Waals surface area contributed by atoms with Crippen LogP contribution in [0.2, 0.25) is 0 Å². The molecule has 3 N–H and O–H groups in total. The number of nitrogens with one attached hydrogen (secondary N) is 1. The first-order chi connectivity index (χ1) is 8.58. The number of hydrogen-bond donors (Lipinski definition) is 2. The monoisotopic (exact) mass is 246 g/mol. The first-order valence-corrected chi connectivity index (χ1v) is 5.79. The van der Waals surface area contributed by atoms with E-state index in [-0.39, 0.29) is 30.4 Å². The van der Waals surface area contributed by atoms with E-state index in [4.69, 9.17) is 5.73 Å². The van der Waals surface area contributed by atoms with Crippen molar-refractivity contribution < 1.29 is 14.4 Å². The number of benzene rings is 1. The van der Waals surface area contributed by atoms with Crippen molar-refractivity contribution in [3.8, 4) is 0 Å². The van der Waals surface area contributed by atoms with Crippen molar-refractivity contribution in [1.82, 2.24) is 5.32 Å². The van der Waals surface area contributed by atoms with E-state index in [1.165, 1.54) is 0 Å². The predicted octanol–water partition coefficient (Wildman–Crippen LogP) is 0.894. The minimum absolute atomic E-state index is 0.0906. The molecule has 0 aromatic heterocycles. The van der Waals surface area contributed by atoms with E-state index >= 15 is 0 Å². The fraction of sp³-hybridized carbons (Fsp3) is 0.308. The fourth-order valence-electron chi connectivity index (χ4n) is 2.02. The molecule has 1 aromatic carbocycles. The van der Waals surface area contributed by atoms with Gasteiger partial charge in [0.15, 0.2) is 5.78 Å². The number of Topliss-reactive ketones (excluding diaryl/α,β-unsaturated/α-hetero) is 1. The third-order valence-electron chi connectivity index (χ3n) is 3.05. The molecule has 2 rings (SSSR count). The molecule has 1 aliphatic rings. The van der Waals surface area contributed by atoms with E-state index < -0.39 is 5.92 Å². The molecule has 5 nitrogen and oxygen atoms in total. The summed E-state index contributed by atoms with van der Waals surface area (Å²) < 4.78 is 0. The normalized spacial score (nSPS) is 19.4. The van der Waals surface area contributed by atoms with Crippen molar-refractivity contribution in [2.75, 3.05) is 5.73 Å². The SMILES string of the molecule is Nc1ccccc1C(=O)CC1CCC(=O)NC1=O. The number of rotatable bonds is 3. The number of piperidine rings is 1. The Bertz CT molecular complexity index is 511. The zero-order valence-electron chi connectivity index (χ0n) is 9.81. The second kappa shape index (κ2) is 5.00. The molecule has 1 heterocycles. The molecule has 1 fully saturated rings. The number of para-hydroxylation sites is 1. The number of ketones is 1. The lowest BCUT2D eigenvalue weighted by atomic mass is 9.90. The maximum atomic E-state index is 12.0. The van der Waals surface area contributed by atoms with Crippen LogP contribution in [0, 0.1) is 5.92 Å². The standard InChI is InChI=1S/C13H14N2O3/c14-10-4-2-1-3-9(10)11(16)7-8-5-6-12(17)15-13(8)18/h1-4,8H,5-7,14H2,(H,15,17,18). The van der Waals surface area contributed by atoms with Gasteiger partial charge in [-0.1, -0.05) is 12.1 Å². The van der Waals surface area contributed by atoms with Gasteiger partial charge in [0.05, 0.1) is 0 Å². The second-order valence-corrected chi connectivity index (χ2v) is 4.36. The number of anilines is 1. The minimum Gasteiger partial charge on any atom is -0.398 e. The topological polar surface area (TPSA) is 89.3 Å². The zero-order valence-corrected chi connectivity index (χ0v) is 9.81. The summed E-state index contributed by atoms with van der Waals surface area (Å²) in [6.45, 7) is 0. The highest BCUT2D eigenvalue weighted by Gasteiger charge is 2.29. The van der Waals surface area contributed by atoms with Gasteiger partial charge in [-0.3, -0.25) is 19.7 Å². The number of carbonyl (C=O) groups is 3. The molecule has 0 radical (unpaired) electrons. The quantitative estimate of drug-likeness (QED) is 0.471. The van der Waals surface area contributed by atoms with Gasteiger partial charge < -0.3 is 5.73 Å². The van der Waals surface area contributed by atoms with Crippen molar-refractivity contribution in [2.45, 2.75) is 19.3 Å². The Kier molecular flexibility index (Phi) is 3.41. The molecule has 0 saturated carbocycles. The Morgan fingerprint density at radius 3 is 2.72 bits per heavy atom. The van der Waals surface area contributed by atoms with Crippen molar-refractivity contribution in [1.29, 1.82) is 0 Å². The third-order valence-corrected chi connectivity index (χ3v) is 3.05. The lowest BCUT2D eigenvalue weighted by Crippen LogP contribution is -2.41. The minimum atomic E-state index is -0.435. The van der Waals surface area contributed by atoms with Crippen molar-refractivity contribution >= 4 is 23.3 Å². The van der Waals surface area contributed by atoms with E-state index in [9.17, 15) is 14.4 Å². The molecule has 1 unspecified atom stereocenters. The molecule has 0 bridgehead atoms. The van der Waals surface area contributed by atoms with Gasteiger partial charge in [-0.25, -0.2) is 0 Å². The van der Waals surface area contributed by atoms with Gasteiger partial charge in [-0.2, -0.15) is 0 Å². The Morgan fingerprint density at radius 2 is 2.06 bits per heavy atom. The van der Waals surface area contributed by atoms with Crippen LogP contribution in [0.5, 0.6) is 0 Å². The van der Waals surface area contributed by atoms with Crippen LogP contribution >= 0.6 is 0 Å². The van der Waals surface area contributed by atoms with Crippen molar-refractivity contribution in [3.63, 3.8) is 0 Å². The first-order valence-electron chi connectivity index (χ1n) is 5.79. The highest BCUT2D eigenvalue weighted by molar-refractivity contribution is 6.05. The van der Waals surface area contributed by atoms with Crippen LogP contribution in [0.1, 0.15) is 29.6 Å². The number of hydrogen-bond acceptors (Lipinski definition) is 4. The molecule has 0 spiro atoms. The lowest BCUT2D eigenvalue weighted by molar-refractivity contribution is -0.136. The summed E-state index contributed by atoms with van der Waals surface area (Å²) in [4.78, 5) is 34.5. The zero-order chi connectivity index (χ0) is 13.1. The second-order valence-electron chi connectivity index (χ2n) is 4.36. The summed E-state index contributed by atoms with van der Waals surface area (Å²) >= 11 is 0. The molecule has 1 saturated heterocycles. The third kappa shape index (κ3) is 2.56. The summed E-state index contributed by atoms with van der Waals surface area (Å²) in [5, 5.41) is 2.24. The molecular formula is C13H14N2O3. The van der Waals surface area contributed by atoms with Crippen LogP contribution in [0.4, 0.5) is 5.69 Å². The van der Waals surface area contributed by atoms with Gasteiger partial charge in [-0.05, 0) is 18.6 Å². The van der Waals surface area contributed by atoms with Crippen molar-refractivity contribution in [2.24, 2.45) is 5.92 Å². The highest BCUT2D eigenvalue weighted by Crippen LogP contribution is 2.21. The summed E-state index contributed by atoms with van der Waals surface area (Å²) in [5.41, 5.74) is 6.55. The Labute approximate surface area is 104 Å². The van der Waals surface area contributed by atoms with Crippen LogP contribution in [0.3, 0.4) is 0 Å². The van der Waals surface area contributed by atoms with Gasteiger partial charge in [0.1, 0.15) is 0 Å². The number of carbonyl (C=O) groups excluding carboxylic acids is 3. The Balaban J connectivity index is 2.06. The number of nitrogens with two attached hydrogens (primary N) is 1. The van der Waals surface area contributed by atoms with E-state index in [1.54, 1.807) is 24.3 Å². The van der Waals surface area contributed by atoms with Gasteiger partial charge in [0, 0.05) is 30.0 Å². The van der Waals surface area contributed by atoms with Gasteiger partial charge in [-0.15, -0.1) is 0 Å². The average Bonchev–Trinajstić information content (AvgIpc) is 2.33. The van der Waals surface area contributed by atoms with Crippen LogP contribution < -0.4 is 11.1 Å². The van der Waals surface area contributed by atoms with Gasteiger partial charge in [0.2, 0.25) is 11.8 Å². The van der Waals surface area contributed by atoms with E-state index in [1.807, 2.05) is 0 Å². The summed E-state index contributed by atoms with van der Waals surface area (Å²) in [6.07, 6.45) is 0.796. The maximum absolute atomic E-state index is 12.0. The largest absolute Gasteiger partial charge is 0.398 e. The smallest absolute Gasteiger partial charge is 0.230 e. The molecule has 5 heteroatoms. The van der Waals surface area contributed by atoms with Crippen LogP contribution in [-0.4, -0.2) is 17.6 Å². The van der Waals surface area contributed by atoms with E-state index in [0.29, 0.717) is 17.7 Å². The van der Waals surface area contributed by atoms with Crippen LogP contribution in [0.25, 0.3) is 0 Å². The first kappa shape index (κ1) is 12.3. The molecule has 2 amide bonds. The molecule has 1 aromatic rings. The molecule has 0 aliphatic carbocycles. The van der Waals surface area contributed by atoms with Crippen LogP contribution in [0.15, 0.2) is 24.3 Å². The number of nitrogen functional groups attached to an aromatic ring is 1. The molecular weight excluding hydrogens is 232 g/mol. The van der Waals surface area contributed by atoms with Crippen LogP contribution in [-0.2, 0) is 9.59 Å². The molecule has 18 heavy (non-hydrogen) atoms. The maximum Gasteiger partial charge on any atom is 0.230 e. The summed E-state index contributed by atoms with van der Waals surface area (Å²) in [7, 11) is 0. The van der Waals surface area contributed by atoms with E-state index in [0.717, 1.165) is 0 Å².